The van der Waals surface area contributed by atoms with E-state index in [1.54, 1.807) is 18.5 Å². The van der Waals surface area contributed by atoms with Crippen molar-refractivity contribution in [1.29, 1.82) is 0 Å². The summed E-state index contributed by atoms with van der Waals surface area (Å²) in [6, 6.07) is 8.71. The summed E-state index contributed by atoms with van der Waals surface area (Å²) < 4.78 is 0. The van der Waals surface area contributed by atoms with Crippen LogP contribution >= 0.6 is 0 Å². The first-order valence-electron chi connectivity index (χ1n) is 9.01. The van der Waals surface area contributed by atoms with Crippen molar-refractivity contribution < 1.29 is 9.90 Å². The van der Waals surface area contributed by atoms with Crippen LogP contribution in [0.1, 0.15) is 76.6 Å². The second-order valence-electron chi connectivity index (χ2n) is 7.20. The Labute approximate surface area is 142 Å². The van der Waals surface area contributed by atoms with Gasteiger partial charge in [-0.2, -0.15) is 0 Å². The van der Waals surface area contributed by atoms with Crippen LogP contribution in [0, 0.1) is 0 Å². The van der Waals surface area contributed by atoms with E-state index >= 15 is 0 Å². The number of aromatic nitrogens is 1. The van der Waals surface area contributed by atoms with Crippen LogP contribution in [-0.4, -0.2) is 16.1 Å². The van der Waals surface area contributed by atoms with Gasteiger partial charge >= 0.3 is 5.97 Å². The number of pyridine rings is 1. The van der Waals surface area contributed by atoms with Gasteiger partial charge < -0.3 is 5.11 Å². The van der Waals surface area contributed by atoms with Gasteiger partial charge in [0.15, 0.2) is 0 Å². The SMILES string of the molecule is O=C(O)c1ccncc1CCC1CCCc2ccc(C3CC3)cc21. The first-order chi connectivity index (χ1) is 11.7. The predicted molar refractivity (Wildman–Crippen MR) is 93.6 cm³/mol. The van der Waals surface area contributed by atoms with Crippen molar-refractivity contribution in [3.8, 4) is 0 Å². The van der Waals surface area contributed by atoms with Crippen molar-refractivity contribution in [1.82, 2.24) is 4.98 Å². The number of benzene rings is 1. The smallest absolute Gasteiger partial charge is 0.336 e. The molecule has 0 saturated heterocycles. The van der Waals surface area contributed by atoms with Crippen LogP contribution < -0.4 is 0 Å². The van der Waals surface area contributed by atoms with Crippen molar-refractivity contribution in [2.75, 3.05) is 0 Å². The Balaban J connectivity index is 1.54. The molecule has 3 nitrogen and oxygen atoms in total. The molecule has 1 atom stereocenters. The topological polar surface area (TPSA) is 50.2 Å². The fourth-order valence-corrected chi connectivity index (χ4v) is 4.05. The van der Waals surface area contributed by atoms with Gasteiger partial charge in [0.2, 0.25) is 0 Å². The van der Waals surface area contributed by atoms with Gasteiger partial charge in [-0.25, -0.2) is 4.79 Å². The van der Waals surface area contributed by atoms with E-state index < -0.39 is 5.97 Å². The Morgan fingerprint density at radius 2 is 2.08 bits per heavy atom. The Hall–Kier alpha value is -2.16. The van der Waals surface area contributed by atoms with Gasteiger partial charge in [0.05, 0.1) is 5.56 Å². The van der Waals surface area contributed by atoms with Gasteiger partial charge in [-0.3, -0.25) is 4.98 Å². The van der Waals surface area contributed by atoms with Crippen LogP contribution in [0.4, 0.5) is 0 Å². The monoisotopic (exact) mass is 321 g/mol. The zero-order valence-corrected chi connectivity index (χ0v) is 13.9. The highest BCUT2D eigenvalue weighted by atomic mass is 16.4. The molecule has 1 saturated carbocycles. The molecule has 0 radical (unpaired) electrons. The van der Waals surface area contributed by atoms with Gasteiger partial charge in [0, 0.05) is 12.4 Å². The lowest BCUT2D eigenvalue weighted by molar-refractivity contribution is 0.0695. The highest BCUT2D eigenvalue weighted by Crippen LogP contribution is 2.43. The molecule has 1 fully saturated rings. The molecule has 0 spiro atoms. The molecule has 1 aromatic heterocycles. The van der Waals surface area contributed by atoms with E-state index in [9.17, 15) is 9.90 Å². The number of fused-ring (bicyclic) bond motifs is 1. The molecule has 124 valence electrons. The Bertz CT molecular complexity index is 764. The first-order valence-corrected chi connectivity index (χ1v) is 9.01. The number of carbonyl (C=O) groups is 1. The minimum Gasteiger partial charge on any atom is -0.478 e. The average molecular weight is 321 g/mol. The molecule has 2 aliphatic rings. The standard InChI is InChI=1S/C21H23NO2/c23-21(24)19-10-11-22-13-18(19)9-7-16-3-1-2-15-6-8-17(12-20(15)16)14-4-5-14/h6,8,10-14,16H,1-5,7,9H2,(H,23,24). The second kappa shape index (κ2) is 6.39. The lowest BCUT2D eigenvalue weighted by Gasteiger charge is -2.26. The van der Waals surface area contributed by atoms with Crippen LogP contribution in [0.3, 0.4) is 0 Å². The number of rotatable bonds is 5. The van der Waals surface area contributed by atoms with E-state index in [1.165, 1.54) is 48.8 Å². The number of hydrogen-bond acceptors (Lipinski definition) is 2. The number of carboxylic acid groups (broad SMARTS) is 1. The van der Waals surface area contributed by atoms with E-state index in [2.05, 4.69) is 23.2 Å². The number of aryl methyl sites for hydroxylation is 2. The van der Waals surface area contributed by atoms with E-state index in [0.717, 1.165) is 24.3 Å². The number of hydrogen-bond donors (Lipinski definition) is 1. The first kappa shape index (κ1) is 15.4. The summed E-state index contributed by atoms with van der Waals surface area (Å²) in [6.45, 7) is 0. The van der Waals surface area contributed by atoms with Crippen LogP contribution in [0.25, 0.3) is 0 Å². The maximum atomic E-state index is 11.4. The van der Waals surface area contributed by atoms with Crippen LogP contribution in [0.2, 0.25) is 0 Å². The van der Waals surface area contributed by atoms with Crippen molar-refractivity contribution in [3.63, 3.8) is 0 Å². The number of aromatic carboxylic acids is 1. The summed E-state index contributed by atoms with van der Waals surface area (Å²) >= 11 is 0. The Kier molecular flexibility index (Phi) is 4.09. The molecule has 0 amide bonds. The van der Waals surface area contributed by atoms with Crippen molar-refractivity contribution in [2.45, 2.75) is 56.8 Å². The summed E-state index contributed by atoms with van der Waals surface area (Å²) in [5, 5.41) is 9.34. The number of carboxylic acids is 1. The molecular formula is C21H23NO2. The molecule has 3 heteroatoms. The van der Waals surface area contributed by atoms with Crippen LogP contribution in [0.5, 0.6) is 0 Å². The van der Waals surface area contributed by atoms with Gasteiger partial charge in [0.25, 0.3) is 0 Å². The highest BCUT2D eigenvalue weighted by Gasteiger charge is 2.27. The molecule has 4 rings (SSSR count). The minimum atomic E-state index is -0.854. The summed E-state index contributed by atoms with van der Waals surface area (Å²) in [5.74, 6) is 0.483. The van der Waals surface area contributed by atoms with E-state index in [0.29, 0.717) is 11.5 Å². The molecule has 0 bridgehead atoms. The summed E-state index contributed by atoms with van der Waals surface area (Å²) in [6.07, 6.45) is 11.4. The zero-order valence-electron chi connectivity index (χ0n) is 13.9. The minimum absolute atomic E-state index is 0.396. The van der Waals surface area contributed by atoms with Crippen molar-refractivity contribution in [3.05, 3.63) is 64.5 Å². The number of nitrogens with zero attached hydrogens (tertiary/aromatic N) is 1. The third-order valence-electron chi connectivity index (χ3n) is 5.55. The molecular weight excluding hydrogens is 298 g/mol. The van der Waals surface area contributed by atoms with Gasteiger partial charge in [-0.15, -0.1) is 0 Å². The van der Waals surface area contributed by atoms with Crippen molar-refractivity contribution >= 4 is 5.97 Å². The molecule has 1 heterocycles. The Morgan fingerprint density at radius 3 is 2.88 bits per heavy atom. The molecule has 2 aromatic rings. The highest BCUT2D eigenvalue weighted by molar-refractivity contribution is 5.89. The predicted octanol–water partition coefficient (Wildman–Crippen LogP) is 4.71. The fraction of sp³-hybridized carbons (Fsp3) is 0.429. The van der Waals surface area contributed by atoms with E-state index in [1.807, 2.05) is 0 Å². The quantitative estimate of drug-likeness (QED) is 0.867. The molecule has 0 aliphatic heterocycles. The second-order valence-corrected chi connectivity index (χ2v) is 7.20. The molecule has 1 unspecified atom stereocenters. The average Bonchev–Trinajstić information content (AvgIpc) is 3.44. The van der Waals surface area contributed by atoms with Gasteiger partial charge in [-0.1, -0.05) is 18.2 Å². The fourth-order valence-electron chi connectivity index (χ4n) is 4.05. The largest absolute Gasteiger partial charge is 0.478 e. The molecule has 1 aromatic carbocycles. The zero-order chi connectivity index (χ0) is 16.5. The lowest BCUT2D eigenvalue weighted by atomic mass is 9.79. The maximum absolute atomic E-state index is 11.4. The van der Waals surface area contributed by atoms with E-state index in [-0.39, 0.29) is 0 Å². The van der Waals surface area contributed by atoms with Gasteiger partial charge in [-0.05, 0) is 85.1 Å². The maximum Gasteiger partial charge on any atom is 0.336 e. The molecule has 2 aliphatic carbocycles. The van der Waals surface area contributed by atoms with Crippen LogP contribution in [-0.2, 0) is 12.8 Å². The third-order valence-corrected chi connectivity index (χ3v) is 5.55. The summed E-state index contributed by atoms with van der Waals surface area (Å²) in [5.41, 5.74) is 5.78. The summed E-state index contributed by atoms with van der Waals surface area (Å²) in [4.78, 5) is 15.5. The van der Waals surface area contributed by atoms with Crippen molar-refractivity contribution in [2.24, 2.45) is 0 Å². The molecule has 24 heavy (non-hydrogen) atoms. The lowest BCUT2D eigenvalue weighted by Crippen LogP contribution is -2.12. The third kappa shape index (κ3) is 3.08. The van der Waals surface area contributed by atoms with Crippen LogP contribution in [0.15, 0.2) is 36.7 Å². The summed E-state index contributed by atoms with van der Waals surface area (Å²) in [7, 11) is 0. The van der Waals surface area contributed by atoms with Gasteiger partial charge in [0.1, 0.15) is 0 Å². The Morgan fingerprint density at radius 1 is 1.21 bits per heavy atom. The molecule has 1 N–H and O–H groups in total. The normalized spacial score (nSPS) is 19.8. The van der Waals surface area contributed by atoms with E-state index in [4.69, 9.17) is 0 Å².